The van der Waals surface area contributed by atoms with E-state index < -0.39 is 0 Å². The minimum absolute atomic E-state index is 0.573. The molecule has 90 valence electrons. The fourth-order valence-corrected chi connectivity index (χ4v) is 3.70. The lowest BCUT2D eigenvalue weighted by Crippen LogP contribution is -2.15. The molecular weight excluding hydrogens is 214 g/mol. The number of nitrogens with zero attached hydrogens (tertiary/aromatic N) is 1. The Morgan fingerprint density at radius 2 is 1.88 bits per heavy atom. The molecule has 1 aliphatic rings. The van der Waals surface area contributed by atoms with Crippen LogP contribution in [-0.4, -0.2) is 4.98 Å². The quantitative estimate of drug-likeness (QED) is 0.676. The molecule has 0 aliphatic heterocycles. The fourth-order valence-electron chi connectivity index (χ4n) is 2.73. The van der Waals surface area contributed by atoms with Crippen LogP contribution in [0.3, 0.4) is 0 Å². The lowest BCUT2D eigenvalue weighted by molar-refractivity contribution is 0.256. The van der Waals surface area contributed by atoms with Crippen molar-refractivity contribution in [1.82, 2.24) is 4.98 Å². The predicted octanol–water partition coefficient (Wildman–Crippen LogP) is 4.92. The third-order valence-corrected chi connectivity index (χ3v) is 4.92. The molecule has 0 bridgehead atoms. The maximum absolute atomic E-state index is 4.66. The van der Waals surface area contributed by atoms with E-state index in [1.807, 2.05) is 11.3 Å². The highest BCUT2D eigenvalue weighted by Crippen LogP contribution is 2.38. The predicted molar refractivity (Wildman–Crippen MR) is 71.1 cm³/mol. The molecule has 0 amide bonds. The van der Waals surface area contributed by atoms with Gasteiger partial charge in [-0.3, -0.25) is 0 Å². The number of aryl methyl sites for hydroxylation is 1. The summed E-state index contributed by atoms with van der Waals surface area (Å²) in [5.41, 5.74) is 1.77. The van der Waals surface area contributed by atoms with E-state index in [4.69, 9.17) is 0 Å². The van der Waals surface area contributed by atoms with Gasteiger partial charge in [-0.15, -0.1) is 11.3 Å². The van der Waals surface area contributed by atoms with E-state index in [1.165, 1.54) is 49.2 Å². The zero-order valence-electron chi connectivity index (χ0n) is 10.8. The Kier molecular flexibility index (Phi) is 3.68. The van der Waals surface area contributed by atoms with Crippen LogP contribution in [0.25, 0.3) is 0 Å². The molecule has 0 unspecified atom stereocenters. The number of rotatable bonds is 1. The molecule has 0 radical (unpaired) electrons. The maximum atomic E-state index is 4.66. The van der Waals surface area contributed by atoms with Gasteiger partial charge in [-0.1, -0.05) is 26.7 Å². The number of aromatic nitrogens is 1. The molecule has 0 saturated heterocycles. The highest BCUT2D eigenvalue weighted by Gasteiger charge is 2.23. The van der Waals surface area contributed by atoms with Gasteiger partial charge in [0.1, 0.15) is 0 Å². The van der Waals surface area contributed by atoms with Gasteiger partial charge in [0.25, 0.3) is 0 Å². The molecule has 0 aromatic carbocycles. The van der Waals surface area contributed by atoms with Crippen LogP contribution < -0.4 is 0 Å². The summed E-state index contributed by atoms with van der Waals surface area (Å²) in [6.45, 7) is 6.94. The van der Waals surface area contributed by atoms with Crippen LogP contribution in [0.15, 0.2) is 5.38 Å². The van der Waals surface area contributed by atoms with Crippen LogP contribution in [0.5, 0.6) is 0 Å². The summed E-state index contributed by atoms with van der Waals surface area (Å²) in [6.07, 6.45) is 8.20. The second-order valence-electron chi connectivity index (χ2n) is 5.97. The summed E-state index contributed by atoms with van der Waals surface area (Å²) in [7, 11) is 0. The molecule has 0 spiro atoms. The standard InChI is InChI=1S/C14H23NS/c1-11-10-16-13(15-11)12-6-4-8-14(2,3)9-5-7-12/h10,12H,4-9H2,1-3H3. The van der Waals surface area contributed by atoms with E-state index in [0.717, 1.165) is 5.92 Å². The molecule has 16 heavy (non-hydrogen) atoms. The SMILES string of the molecule is Cc1csc(C2CCCC(C)(C)CCC2)n1. The first-order chi connectivity index (χ1) is 7.57. The lowest BCUT2D eigenvalue weighted by atomic mass is 9.77. The molecule has 1 saturated carbocycles. The third kappa shape index (κ3) is 3.07. The lowest BCUT2D eigenvalue weighted by Gasteiger charge is -2.29. The fraction of sp³-hybridized carbons (Fsp3) is 0.786. The first kappa shape index (κ1) is 12.1. The van der Waals surface area contributed by atoms with Crippen LogP contribution in [0.2, 0.25) is 0 Å². The molecule has 1 fully saturated rings. The van der Waals surface area contributed by atoms with Gasteiger partial charge in [-0.05, 0) is 38.0 Å². The minimum atomic E-state index is 0.573. The zero-order valence-corrected chi connectivity index (χ0v) is 11.6. The molecule has 2 rings (SSSR count). The van der Waals surface area contributed by atoms with E-state index >= 15 is 0 Å². The van der Waals surface area contributed by atoms with Gasteiger partial charge in [-0.2, -0.15) is 0 Å². The Morgan fingerprint density at radius 1 is 1.25 bits per heavy atom. The van der Waals surface area contributed by atoms with Gasteiger partial charge < -0.3 is 0 Å². The van der Waals surface area contributed by atoms with Crippen molar-refractivity contribution in [3.63, 3.8) is 0 Å². The van der Waals surface area contributed by atoms with Gasteiger partial charge in [0.15, 0.2) is 0 Å². The molecule has 0 atom stereocenters. The molecule has 0 N–H and O–H groups in total. The molecule has 1 heterocycles. The minimum Gasteiger partial charge on any atom is -0.246 e. The van der Waals surface area contributed by atoms with Crippen molar-refractivity contribution in [2.24, 2.45) is 5.41 Å². The van der Waals surface area contributed by atoms with Crippen molar-refractivity contribution in [3.05, 3.63) is 16.1 Å². The molecule has 1 aliphatic carbocycles. The monoisotopic (exact) mass is 237 g/mol. The summed E-state index contributed by atoms with van der Waals surface area (Å²) in [5, 5.41) is 3.58. The Balaban J connectivity index is 1.98. The second-order valence-corrected chi connectivity index (χ2v) is 6.86. The molecule has 1 aromatic heterocycles. The van der Waals surface area contributed by atoms with Crippen LogP contribution in [0, 0.1) is 12.3 Å². The van der Waals surface area contributed by atoms with Crippen molar-refractivity contribution >= 4 is 11.3 Å². The van der Waals surface area contributed by atoms with Gasteiger partial charge >= 0.3 is 0 Å². The summed E-state index contributed by atoms with van der Waals surface area (Å²) >= 11 is 1.86. The largest absolute Gasteiger partial charge is 0.246 e. The summed E-state index contributed by atoms with van der Waals surface area (Å²) in [6, 6.07) is 0. The Bertz CT molecular complexity index is 328. The molecular formula is C14H23NS. The number of thiazole rings is 1. The average Bonchev–Trinajstić information content (AvgIpc) is 2.59. The number of hydrogen-bond acceptors (Lipinski definition) is 2. The van der Waals surface area contributed by atoms with Crippen molar-refractivity contribution in [2.45, 2.75) is 65.2 Å². The smallest absolute Gasteiger partial charge is 0.0959 e. The number of hydrogen-bond donors (Lipinski definition) is 0. The first-order valence-electron chi connectivity index (χ1n) is 6.49. The topological polar surface area (TPSA) is 12.9 Å². The van der Waals surface area contributed by atoms with E-state index in [2.05, 4.69) is 31.1 Å². The Labute approximate surface area is 103 Å². The van der Waals surface area contributed by atoms with Gasteiger partial charge in [0.05, 0.1) is 5.01 Å². The molecule has 2 heteroatoms. The van der Waals surface area contributed by atoms with E-state index in [1.54, 1.807) is 0 Å². The molecule has 1 aromatic rings. The van der Waals surface area contributed by atoms with Gasteiger partial charge in [0.2, 0.25) is 0 Å². The van der Waals surface area contributed by atoms with Crippen LogP contribution in [0.4, 0.5) is 0 Å². The highest BCUT2D eigenvalue weighted by atomic mass is 32.1. The first-order valence-corrected chi connectivity index (χ1v) is 7.37. The maximum Gasteiger partial charge on any atom is 0.0959 e. The summed E-state index contributed by atoms with van der Waals surface area (Å²) in [4.78, 5) is 4.66. The van der Waals surface area contributed by atoms with Crippen molar-refractivity contribution < 1.29 is 0 Å². The summed E-state index contributed by atoms with van der Waals surface area (Å²) < 4.78 is 0. The van der Waals surface area contributed by atoms with Gasteiger partial charge in [-0.25, -0.2) is 4.98 Å². The van der Waals surface area contributed by atoms with E-state index in [9.17, 15) is 0 Å². The normalized spacial score (nSPS) is 22.7. The van der Waals surface area contributed by atoms with Crippen molar-refractivity contribution in [3.8, 4) is 0 Å². The Hall–Kier alpha value is -0.370. The summed E-state index contributed by atoms with van der Waals surface area (Å²) in [5.74, 6) is 0.745. The van der Waals surface area contributed by atoms with E-state index in [0.29, 0.717) is 5.41 Å². The van der Waals surface area contributed by atoms with Crippen molar-refractivity contribution in [2.75, 3.05) is 0 Å². The van der Waals surface area contributed by atoms with Crippen molar-refractivity contribution in [1.29, 1.82) is 0 Å². The highest BCUT2D eigenvalue weighted by molar-refractivity contribution is 7.09. The van der Waals surface area contributed by atoms with Crippen LogP contribution in [0.1, 0.15) is 69.0 Å². The second kappa shape index (κ2) is 4.87. The van der Waals surface area contributed by atoms with E-state index in [-0.39, 0.29) is 0 Å². The molecule has 1 nitrogen and oxygen atoms in total. The van der Waals surface area contributed by atoms with Crippen LogP contribution >= 0.6 is 11.3 Å². The Morgan fingerprint density at radius 3 is 2.38 bits per heavy atom. The average molecular weight is 237 g/mol. The van der Waals surface area contributed by atoms with Gasteiger partial charge in [0, 0.05) is 17.0 Å². The third-order valence-electron chi connectivity index (χ3n) is 3.80. The van der Waals surface area contributed by atoms with Crippen LogP contribution in [-0.2, 0) is 0 Å². The zero-order chi connectivity index (χ0) is 11.6.